The summed E-state index contributed by atoms with van der Waals surface area (Å²) >= 11 is 6.25. The predicted molar refractivity (Wildman–Crippen MR) is 131 cm³/mol. The number of aromatic amines is 1. The molecule has 1 aliphatic heterocycles. The minimum atomic E-state index is 0.137. The van der Waals surface area contributed by atoms with Crippen molar-refractivity contribution in [2.75, 3.05) is 13.1 Å². The van der Waals surface area contributed by atoms with Gasteiger partial charge in [-0.1, -0.05) is 48.5 Å². The van der Waals surface area contributed by atoms with Crippen LogP contribution in [0.15, 0.2) is 61.4 Å². The van der Waals surface area contributed by atoms with Crippen LogP contribution in [0.4, 0.5) is 0 Å². The Morgan fingerprint density at radius 2 is 2.00 bits per heavy atom. The number of H-pyrrole nitrogens is 1. The van der Waals surface area contributed by atoms with E-state index < -0.39 is 0 Å². The van der Waals surface area contributed by atoms with Crippen LogP contribution in [0, 0.1) is 5.41 Å². The van der Waals surface area contributed by atoms with E-state index in [1.807, 2.05) is 30.3 Å². The van der Waals surface area contributed by atoms with Crippen LogP contribution in [0.5, 0.6) is 5.88 Å². The highest BCUT2D eigenvalue weighted by Gasteiger charge is 2.52. The first kappa shape index (κ1) is 20.4. The fourth-order valence-electron chi connectivity index (χ4n) is 4.86. The number of hydrogen-bond donors (Lipinski definition) is 2. The molecule has 2 N–H and O–H groups in total. The zero-order chi connectivity index (χ0) is 22.4. The lowest BCUT2D eigenvalue weighted by Crippen LogP contribution is -2.45. The third-order valence-corrected chi connectivity index (χ3v) is 7.12. The van der Waals surface area contributed by atoms with Gasteiger partial charge in [-0.15, -0.1) is 0 Å². The molecule has 1 atom stereocenters. The molecular formula is C26H24ClN5O. The lowest BCUT2D eigenvalue weighted by atomic mass is 9.92. The van der Waals surface area contributed by atoms with E-state index in [9.17, 15) is 0 Å². The molecule has 4 aromatic rings. The third-order valence-electron chi connectivity index (χ3n) is 6.92. The van der Waals surface area contributed by atoms with Crippen molar-refractivity contribution in [2.24, 2.45) is 5.41 Å². The van der Waals surface area contributed by atoms with Crippen molar-refractivity contribution in [1.29, 1.82) is 0 Å². The van der Waals surface area contributed by atoms with Gasteiger partial charge in [0.1, 0.15) is 17.5 Å². The number of aromatic nitrogens is 4. The molecule has 1 aliphatic carbocycles. The monoisotopic (exact) mass is 457 g/mol. The summed E-state index contributed by atoms with van der Waals surface area (Å²) in [5, 5.41) is 12.6. The van der Waals surface area contributed by atoms with E-state index in [-0.39, 0.29) is 6.10 Å². The van der Waals surface area contributed by atoms with Crippen LogP contribution in [-0.4, -0.2) is 39.4 Å². The van der Waals surface area contributed by atoms with Crippen LogP contribution in [-0.2, 0) is 0 Å². The van der Waals surface area contributed by atoms with Crippen LogP contribution in [0.25, 0.3) is 38.4 Å². The molecule has 1 spiro atoms. The first-order chi connectivity index (χ1) is 16.1. The number of halogens is 1. The molecule has 0 unspecified atom stereocenters. The highest BCUT2D eigenvalue weighted by atomic mass is 35.5. The zero-order valence-electron chi connectivity index (χ0n) is 18.1. The van der Waals surface area contributed by atoms with Crippen LogP contribution in [0.3, 0.4) is 0 Å². The predicted octanol–water partition coefficient (Wildman–Crippen LogP) is 5.42. The summed E-state index contributed by atoms with van der Waals surface area (Å²) in [7, 11) is 0. The highest BCUT2D eigenvalue weighted by Crippen LogP contribution is 2.53. The Morgan fingerprint density at radius 1 is 1.12 bits per heavy atom. The van der Waals surface area contributed by atoms with E-state index in [1.165, 1.54) is 12.8 Å². The zero-order valence-corrected chi connectivity index (χ0v) is 18.9. The van der Waals surface area contributed by atoms with Gasteiger partial charge in [0, 0.05) is 27.9 Å². The van der Waals surface area contributed by atoms with Gasteiger partial charge in [-0.05, 0) is 49.1 Å². The van der Waals surface area contributed by atoms with E-state index >= 15 is 0 Å². The number of fused-ring (bicyclic) bond motifs is 1. The van der Waals surface area contributed by atoms with Crippen molar-refractivity contribution in [2.45, 2.75) is 25.4 Å². The Hall–Kier alpha value is -3.22. The fraction of sp³-hybridized carbons (Fsp3) is 0.269. The summed E-state index contributed by atoms with van der Waals surface area (Å²) in [6.07, 6.45) is 7.18. The molecular weight excluding hydrogens is 434 g/mol. The summed E-state index contributed by atoms with van der Waals surface area (Å²) in [5.74, 6) is 0.545. The largest absolute Gasteiger partial charge is 0.471 e. The normalized spacial score (nSPS) is 19.0. The number of rotatable bonds is 5. The quantitative estimate of drug-likeness (QED) is 0.418. The van der Waals surface area contributed by atoms with Gasteiger partial charge in [0.25, 0.3) is 0 Å². The molecule has 0 radical (unpaired) electrons. The molecule has 33 heavy (non-hydrogen) atoms. The van der Waals surface area contributed by atoms with Gasteiger partial charge >= 0.3 is 0 Å². The molecule has 2 aliphatic rings. The second-order valence-corrected chi connectivity index (χ2v) is 9.40. The molecule has 6 nitrogen and oxygen atoms in total. The van der Waals surface area contributed by atoms with Crippen LogP contribution >= 0.6 is 11.6 Å². The summed E-state index contributed by atoms with van der Waals surface area (Å²) in [6, 6.07) is 14.2. The second kappa shape index (κ2) is 7.97. The standard InChI is InChI=1S/C26H24ClN5O/c1-16(27)18-4-2-3-5-19(18)17-6-7-21-20(12-17)25(32-31-21)22-13-29-15-24(30-22)33-23-14-28-11-10-26(23)8-9-26/h2-7,12-13,15,23,28H,1,8-11,14H2,(H,31,32)/t23-/m0/s1. The first-order valence-corrected chi connectivity index (χ1v) is 11.6. The van der Waals surface area contributed by atoms with Crippen molar-refractivity contribution < 1.29 is 4.74 Å². The van der Waals surface area contributed by atoms with Gasteiger partial charge in [-0.3, -0.25) is 10.1 Å². The molecule has 2 fully saturated rings. The maximum atomic E-state index is 6.32. The van der Waals surface area contributed by atoms with Gasteiger partial charge in [0.2, 0.25) is 5.88 Å². The van der Waals surface area contributed by atoms with E-state index in [0.29, 0.717) is 22.0 Å². The lowest BCUT2D eigenvalue weighted by molar-refractivity contribution is 0.0844. The van der Waals surface area contributed by atoms with Crippen LogP contribution < -0.4 is 10.1 Å². The smallest absolute Gasteiger partial charge is 0.233 e. The Balaban J connectivity index is 1.36. The number of ether oxygens (including phenoxy) is 1. The maximum Gasteiger partial charge on any atom is 0.233 e. The summed E-state index contributed by atoms with van der Waals surface area (Å²) < 4.78 is 6.32. The van der Waals surface area contributed by atoms with Gasteiger partial charge in [0.15, 0.2) is 0 Å². The number of hydrogen-bond acceptors (Lipinski definition) is 5. The molecule has 2 aromatic carbocycles. The number of nitrogens with zero attached hydrogens (tertiary/aromatic N) is 3. The Kier molecular flexibility index (Phi) is 4.93. The van der Waals surface area contributed by atoms with Crippen molar-refractivity contribution in [1.82, 2.24) is 25.5 Å². The Morgan fingerprint density at radius 3 is 2.85 bits per heavy atom. The fourth-order valence-corrected chi connectivity index (χ4v) is 5.02. The SMILES string of the molecule is C=C(Cl)c1ccccc1-c1ccc2[nH]nc(-c3cncc(O[C@H]4CNCCC45CC5)n3)c2c1. The Labute approximate surface area is 197 Å². The minimum Gasteiger partial charge on any atom is -0.471 e. The average molecular weight is 458 g/mol. The molecule has 0 amide bonds. The van der Waals surface area contributed by atoms with Crippen LogP contribution in [0.1, 0.15) is 24.8 Å². The van der Waals surface area contributed by atoms with Crippen molar-refractivity contribution in [3.63, 3.8) is 0 Å². The minimum absolute atomic E-state index is 0.137. The molecule has 7 heteroatoms. The van der Waals surface area contributed by atoms with Gasteiger partial charge in [0.05, 0.1) is 17.9 Å². The van der Waals surface area contributed by atoms with Crippen LogP contribution in [0.2, 0.25) is 0 Å². The number of piperidine rings is 1. The summed E-state index contributed by atoms with van der Waals surface area (Å²) in [4.78, 5) is 9.18. The number of nitrogens with one attached hydrogen (secondary N) is 2. The molecule has 3 heterocycles. The van der Waals surface area contributed by atoms with Crippen molar-refractivity contribution in [3.05, 3.63) is 67.0 Å². The molecule has 6 rings (SSSR count). The van der Waals surface area contributed by atoms with E-state index in [0.717, 1.165) is 52.8 Å². The molecule has 2 aromatic heterocycles. The molecule has 1 saturated heterocycles. The van der Waals surface area contributed by atoms with E-state index in [4.69, 9.17) is 21.3 Å². The van der Waals surface area contributed by atoms with Crippen molar-refractivity contribution >= 4 is 27.5 Å². The summed E-state index contributed by atoms with van der Waals surface area (Å²) in [5.41, 5.74) is 5.64. The topological polar surface area (TPSA) is 75.7 Å². The second-order valence-electron chi connectivity index (χ2n) is 8.95. The highest BCUT2D eigenvalue weighted by molar-refractivity contribution is 6.48. The van der Waals surface area contributed by atoms with Gasteiger partial charge in [-0.2, -0.15) is 5.10 Å². The number of benzene rings is 2. The van der Waals surface area contributed by atoms with Crippen molar-refractivity contribution in [3.8, 4) is 28.4 Å². The Bertz CT molecular complexity index is 1360. The molecule has 1 saturated carbocycles. The third kappa shape index (κ3) is 3.69. The maximum absolute atomic E-state index is 6.32. The van der Waals surface area contributed by atoms with E-state index in [1.54, 1.807) is 12.4 Å². The van der Waals surface area contributed by atoms with Gasteiger partial charge < -0.3 is 10.1 Å². The first-order valence-electron chi connectivity index (χ1n) is 11.3. The van der Waals surface area contributed by atoms with E-state index in [2.05, 4.69) is 39.2 Å². The van der Waals surface area contributed by atoms with Gasteiger partial charge in [-0.25, -0.2) is 4.98 Å². The molecule has 166 valence electrons. The summed E-state index contributed by atoms with van der Waals surface area (Å²) in [6.45, 7) is 5.83. The molecule has 0 bridgehead atoms. The average Bonchev–Trinajstić information content (AvgIpc) is 3.48. The lowest BCUT2D eigenvalue weighted by Gasteiger charge is -2.32.